The van der Waals surface area contributed by atoms with Crippen LogP contribution in [-0.2, 0) is 9.47 Å². The molecule has 2 aliphatic heterocycles. The highest BCUT2D eigenvalue weighted by Gasteiger charge is 2.61. The average molecular weight is 432 g/mol. The standard InChI is InChI=1S/C19H18ClN5O5/c20-14-12-15(23-18(22-14)24-16(28)10-4-2-1-3-5-10)25(9-21-12)17-19(6-7-29-19)13(27)11(8-26)30-17/h1-5,9,11,13,17,26-27H,6-8H2,(H,22,23,24,28)/t11-,13-,17?,19-/m1/s1. The van der Waals surface area contributed by atoms with Crippen LogP contribution in [0.2, 0.25) is 5.15 Å². The number of carbonyl (C=O) groups excluding carboxylic acids is 1. The van der Waals surface area contributed by atoms with Gasteiger partial charge in [0.15, 0.2) is 17.0 Å². The number of aliphatic hydroxyl groups excluding tert-OH is 2. The van der Waals surface area contributed by atoms with E-state index in [0.29, 0.717) is 29.8 Å². The Morgan fingerprint density at radius 1 is 1.33 bits per heavy atom. The summed E-state index contributed by atoms with van der Waals surface area (Å²) in [5.74, 6) is -0.382. The van der Waals surface area contributed by atoms with Gasteiger partial charge in [-0.15, -0.1) is 0 Å². The Morgan fingerprint density at radius 2 is 2.10 bits per heavy atom. The van der Waals surface area contributed by atoms with Gasteiger partial charge in [-0.05, 0) is 12.1 Å². The molecule has 1 spiro atoms. The van der Waals surface area contributed by atoms with Gasteiger partial charge in [0.25, 0.3) is 5.91 Å². The molecule has 1 aromatic carbocycles. The third kappa shape index (κ3) is 2.88. The molecule has 4 heterocycles. The molecule has 3 N–H and O–H groups in total. The lowest BCUT2D eigenvalue weighted by molar-refractivity contribution is -0.225. The number of anilines is 1. The fraction of sp³-hybridized carbons (Fsp3) is 0.368. The van der Waals surface area contributed by atoms with E-state index in [-0.39, 0.29) is 23.6 Å². The number of aliphatic hydroxyl groups is 2. The van der Waals surface area contributed by atoms with Gasteiger partial charge in [-0.2, -0.15) is 9.97 Å². The quantitative estimate of drug-likeness (QED) is 0.524. The lowest BCUT2D eigenvalue weighted by Gasteiger charge is -2.44. The number of ether oxygens (including phenoxy) is 2. The summed E-state index contributed by atoms with van der Waals surface area (Å²) in [6, 6.07) is 8.64. The van der Waals surface area contributed by atoms with Gasteiger partial charge in [-0.1, -0.05) is 29.8 Å². The van der Waals surface area contributed by atoms with E-state index in [1.54, 1.807) is 28.8 Å². The van der Waals surface area contributed by atoms with Gasteiger partial charge in [-0.3, -0.25) is 14.7 Å². The molecule has 0 radical (unpaired) electrons. The van der Waals surface area contributed by atoms with Gasteiger partial charge in [-0.25, -0.2) is 4.98 Å². The van der Waals surface area contributed by atoms with E-state index < -0.39 is 24.0 Å². The molecule has 2 aromatic heterocycles. The Balaban J connectivity index is 1.52. The highest BCUT2D eigenvalue weighted by molar-refractivity contribution is 6.33. The SMILES string of the molecule is O=C(Nc1nc(Cl)c2ncn(C3O[C@H](CO)[C@@H](O)[C@]34CCO4)c2n1)c1ccccc1. The number of halogens is 1. The smallest absolute Gasteiger partial charge is 0.258 e. The van der Waals surface area contributed by atoms with Gasteiger partial charge >= 0.3 is 0 Å². The Morgan fingerprint density at radius 3 is 2.77 bits per heavy atom. The first-order valence-corrected chi connectivity index (χ1v) is 9.76. The lowest BCUT2D eigenvalue weighted by atomic mass is 9.86. The first-order valence-electron chi connectivity index (χ1n) is 9.38. The summed E-state index contributed by atoms with van der Waals surface area (Å²) in [6.45, 7) is 0.110. The lowest BCUT2D eigenvalue weighted by Crippen LogP contribution is -2.56. The first kappa shape index (κ1) is 19.3. The number of benzene rings is 1. The fourth-order valence-corrected chi connectivity index (χ4v) is 4.11. The summed E-state index contributed by atoms with van der Waals surface area (Å²) >= 11 is 6.28. The summed E-state index contributed by atoms with van der Waals surface area (Å²) in [6.07, 6.45) is -0.567. The normalized spacial score (nSPS) is 28.0. The fourth-order valence-electron chi connectivity index (χ4n) is 3.90. The van der Waals surface area contributed by atoms with Crippen molar-refractivity contribution in [3.63, 3.8) is 0 Å². The summed E-state index contributed by atoms with van der Waals surface area (Å²) in [7, 11) is 0. The van der Waals surface area contributed by atoms with Crippen molar-refractivity contribution in [1.29, 1.82) is 0 Å². The molecule has 4 atom stereocenters. The van der Waals surface area contributed by atoms with Crippen LogP contribution in [-0.4, -0.2) is 66.7 Å². The Hall–Kier alpha value is -2.63. The van der Waals surface area contributed by atoms with Crippen molar-refractivity contribution in [2.45, 2.75) is 30.5 Å². The van der Waals surface area contributed by atoms with Crippen LogP contribution in [0.4, 0.5) is 5.95 Å². The molecule has 3 aromatic rings. The van der Waals surface area contributed by atoms with Gasteiger partial charge in [0.1, 0.15) is 23.3 Å². The number of aromatic nitrogens is 4. The molecular weight excluding hydrogens is 414 g/mol. The second-order valence-electron chi connectivity index (χ2n) is 7.19. The van der Waals surface area contributed by atoms with Crippen LogP contribution in [0.15, 0.2) is 36.7 Å². The molecule has 11 heteroatoms. The number of amides is 1. The van der Waals surface area contributed by atoms with E-state index in [1.807, 2.05) is 6.07 Å². The summed E-state index contributed by atoms with van der Waals surface area (Å²) in [4.78, 5) is 25.2. The number of hydrogen-bond acceptors (Lipinski definition) is 8. The molecule has 1 unspecified atom stereocenters. The topological polar surface area (TPSA) is 132 Å². The number of imidazole rings is 1. The number of rotatable bonds is 4. The number of hydrogen-bond donors (Lipinski definition) is 3. The van der Waals surface area contributed by atoms with Crippen LogP contribution >= 0.6 is 11.6 Å². The van der Waals surface area contributed by atoms with Gasteiger partial charge < -0.3 is 19.7 Å². The maximum absolute atomic E-state index is 12.5. The van der Waals surface area contributed by atoms with E-state index in [0.717, 1.165) is 0 Å². The molecule has 2 saturated heterocycles. The van der Waals surface area contributed by atoms with Crippen molar-refractivity contribution in [1.82, 2.24) is 19.5 Å². The number of carbonyl (C=O) groups is 1. The van der Waals surface area contributed by atoms with E-state index >= 15 is 0 Å². The zero-order valence-corrected chi connectivity index (χ0v) is 16.4. The molecule has 0 bridgehead atoms. The second-order valence-corrected chi connectivity index (χ2v) is 7.55. The van der Waals surface area contributed by atoms with Crippen molar-refractivity contribution in [2.24, 2.45) is 0 Å². The molecule has 156 valence electrons. The zero-order chi connectivity index (χ0) is 20.9. The minimum atomic E-state index is -1.01. The second kappa shape index (κ2) is 7.25. The van der Waals surface area contributed by atoms with Crippen LogP contribution < -0.4 is 5.32 Å². The largest absolute Gasteiger partial charge is 0.394 e. The zero-order valence-electron chi connectivity index (χ0n) is 15.6. The molecule has 0 aliphatic carbocycles. The van der Waals surface area contributed by atoms with Crippen LogP contribution in [0.3, 0.4) is 0 Å². The first-order chi connectivity index (χ1) is 14.5. The minimum Gasteiger partial charge on any atom is -0.394 e. The molecule has 2 aliphatic rings. The Kier molecular flexibility index (Phi) is 4.68. The molecule has 0 saturated carbocycles. The van der Waals surface area contributed by atoms with Crippen molar-refractivity contribution < 1.29 is 24.5 Å². The Bertz CT molecular complexity index is 1100. The van der Waals surface area contributed by atoms with Crippen molar-refractivity contribution >= 4 is 34.6 Å². The van der Waals surface area contributed by atoms with E-state index in [1.165, 1.54) is 6.33 Å². The van der Waals surface area contributed by atoms with E-state index in [4.69, 9.17) is 21.1 Å². The van der Waals surface area contributed by atoms with Gasteiger partial charge in [0.05, 0.1) is 19.5 Å². The van der Waals surface area contributed by atoms with Crippen LogP contribution in [0, 0.1) is 0 Å². The molecule has 1 amide bonds. The number of nitrogens with one attached hydrogen (secondary N) is 1. The summed E-state index contributed by atoms with van der Waals surface area (Å²) in [5, 5.41) is 22.8. The summed E-state index contributed by atoms with van der Waals surface area (Å²) < 4.78 is 13.2. The van der Waals surface area contributed by atoms with Crippen LogP contribution in [0.1, 0.15) is 23.0 Å². The number of nitrogens with zero attached hydrogens (tertiary/aromatic N) is 4. The third-order valence-corrected chi connectivity index (χ3v) is 5.77. The maximum atomic E-state index is 12.5. The molecule has 5 rings (SSSR count). The Labute approximate surface area is 175 Å². The molecule has 30 heavy (non-hydrogen) atoms. The van der Waals surface area contributed by atoms with Crippen LogP contribution in [0.5, 0.6) is 0 Å². The van der Waals surface area contributed by atoms with Gasteiger partial charge in [0.2, 0.25) is 5.95 Å². The summed E-state index contributed by atoms with van der Waals surface area (Å²) in [5.41, 5.74) is 0.0606. The number of fused-ring (bicyclic) bond motifs is 1. The van der Waals surface area contributed by atoms with Crippen LogP contribution in [0.25, 0.3) is 11.2 Å². The molecule has 10 nitrogen and oxygen atoms in total. The van der Waals surface area contributed by atoms with Crippen molar-refractivity contribution in [3.8, 4) is 0 Å². The minimum absolute atomic E-state index is 0.00364. The van der Waals surface area contributed by atoms with Gasteiger partial charge in [0, 0.05) is 12.0 Å². The van der Waals surface area contributed by atoms with Crippen molar-refractivity contribution in [2.75, 3.05) is 18.5 Å². The van der Waals surface area contributed by atoms with E-state index in [9.17, 15) is 15.0 Å². The van der Waals surface area contributed by atoms with E-state index in [2.05, 4.69) is 20.3 Å². The highest BCUT2D eigenvalue weighted by Crippen LogP contribution is 2.49. The molecular formula is C19H18ClN5O5. The van der Waals surface area contributed by atoms with Crippen molar-refractivity contribution in [3.05, 3.63) is 47.4 Å². The average Bonchev–Trinajstić information content (AvgIpc) is 3.27. The molecule has 2 fully saturated rings. The predicted molar refractivity (Wildman–Crippen MR) is 105 cm³/mol. The predicted octanol–water partition coefficient (Wildman–Crippen LogP) is 1.14. The maximum Gasteiger partial charge on any atom is 0.258 e. The highest BCUT2D eigenvalue weighted by atomic mass is 35.5. The third-order valence-electron chi connectivity index (χ3n) is 5.51. The monoisotopic (exact) mass is 431 g/mol.